The maximum atomic E-state index is 15.5. The topological polar surface area (TPSA) is 118 Å². The molecule has 0 saturated heterocycles. The number of pyridine rings is 1. The molecule has 0 radical (unpaired) electrons. The number of ether oxygens (including phenoxy) is 1. The summed E-state index contributed by atoms with van der Waals surface area (Å²) in [5.41, 5.74) is -0.313. The third-order valence-corrected chi connectivity index (χ3v) is 5.63. The molecule has 10 nitrogen and oxygen atoms in total. The van der Waals surface area contributed by atoms with Crippen molar-refractivity contribution in [3.8, 4) is 17.2 Å². The minimum atomic E-state index is -0.839. The first-order valence-corrected chi connectivity index (χ1v) is 11.8. The number of anilines is 2. The summed E-state index contributed by atoms with van der Waals surface area (Å²) in [5, 5.41) is 6.91. The molecule has 0 unspecified atom stereocenters. The van der Waals surface area contributed by atoms with Crippen LogP contribution in [0.15, 0.2) is 78.0 Å². The number of fused-ring (bicyclic) bond motifs is 1. The number of aromatic nitrogens is 5. The van der Waals surface area contributed by atoms with Crippen molar-refractivity contribution in [2.24, 2.45) is 0 Å². The number of H-pyrrole nitrogens is 1. The van der Waals surface area contributed by atoms with E-state index >= 15 is 4.39 Å². The van der Waals surface area contributed by atoms with Crippen LogP contribution in [0.4, 0.5) is 25.1 Å². The molecule has 2 N–H and O–H groups in total. The first kappa shape index (κ1) is 25.5. The Morgan fingerprint density at radius 2 is 1.87 bits per heavy atom. The number of amides is 2. The normalized spacial score (nSPS) is 11.4. The van der Waals surface area contributed by atoms with E-state index in [0.717, 1.165) is 12.3 Å². The average Bonchev–Trinajstić information content (AvgIpc) is 3.33. The summed E-state index contributed by atoms with van der Waals surface area (Å²) in [4.78, 5) is 36.9. The molecule has 0 bridgehead atoms. The van der Waals surface area contributed by atoms with Crippen molar-refractivity contribution in [1.29, 1.82) is 0 Å². The lowest BCUT2D eigenvalue weighted by Crippen LogP contribution is -2.48. The Hall–Kier alpha value is -5.13. The standard InChI is InChI=1S/C27H23F2N7O3/c1-27(2,3)35(26(38)33-22-10-12-32-36(22)17-6-4-5-16(28)13-17)20-8-7-18(14-19(20)29)39-21-9-11-30-25-24(21)31-15-23(37)34-25/h4-15H,1-3H3,(H,33,38)(H,30,34,37). The molecule has 0 spiro atoms. The molecule has 198 valence electrons. The van der Waals surface area contributed by atoms with Crippen molar-refractivity contribution in [2.45, 2.75) is 26.3 Å². The average molecular weight is 532 g/mol. The van der Waals surface area contributed by atoms with Gasteiger partial charge in [0.2, 0.25) is 0 Å². The Bertz CT molecular complexity index is 1740. The van der Waals surface area contributed by atoms with Crippen LogP contribution < -0.4 is 20.5 Å². The van der Waals surface area contributed by atoms with Gasteiger partial charge in [-0.2, -0.15) is 5.10 Å². The highest BCUT2D eigenvalue weighted by atomic mass is 19.1. The Morgan fingerprint density at radius 1 is 1.05 bits per heavy atom. The van der Waals surface area contributed by atoms with Crippen LogP contribution in [-0.2, 0) is 0 Å². The molecule has 39 heavy (non-hydrogen) atoms. The first-order valence-electron chi connectivity index (χ1n) is 11.8. The number of benzene rings is 2. The van der Waals surface area contributed by atoms with E-state index in [2.05, 4.69) is 25.4 Å². The van der Waals surface area contributed by atoms with Crippen LogP contribution in [0.25, 0.3) is 16.9 Å². The van der Waals surface area contributed by atoms with E-state index in [4.69, 9.17) is 4.74 Å². The molecule has 0 aliphatic carbocycles. The van der Waals surface area contributed by atoms with Gasteiger partial charge in [0.15, 0.2) is 17.2 Å². The number of rotatable bonds is 5. The zero-order chi connectivity index (χ0) is 27.7. The van der Waals surface area contributed by atoms with E-state index in [1.54, 1.807) is 32.9 Å². The molecule has 5 rings (SSSR count). The quantitative estimate of drug-likeness (QED) is 0.313. The second-order valence-corrected chi connectivity index (χ2v) is 9.51. The van der Waals surface area contributed by atoms with Crippen LogP contribution in [0.1, 0.15) is 20.8 Å². The molecule has 0 saturated carbocycles. The molecule has 12 heteroatoms. The molecule has 0 fully saturated rings. The number of carbonyl (C=O) groups excluding carboxylic acids is 1. The maximum Gasteiger partial charge on any atom is 0.328 e. The second-order valence-electron chi connectivity index (χ2n) is 9.51. The SMILES string of the molecule is CC(C)(C)N(C(=O)Nc1ccnn1-c1cccc(F)c1)c1ccc(Oc2ccnc3[nH]c(=O)cnc23)cc1F. The lowest BCUT2D eigenvalue weighted by Gasteiger charge is -2.35. The van der Waals surface area contributed by atoms with Gasteiger partial charge in [0, 0.05) is 29.9 Å². The second kappa shape index (κ2) is 9.97. The molecule has 0 aliphatic heterocycles. The fourth-order valence-corrected chi connectivity index (χ4v) is 4.02. The molecular formula is C27H23F2N7O3. The Kier molecular flexibility index (Phi) is 6.52. The van der Waals surface area contributed by atoms with Crippen molar-refractivity contribution in [1.82, 2.24) is 24.7 Å². The van der Waals surface area contributed by atoms with Crippen LogP contribution in [0.2, 0.25) is 0 Å². The van der Waals surface area contributed by atoms with Crippen LogP contribution in [-0.4, -0.2) is 36.3 Å². The Labute approximate surface area is 220 Å². The summed E-state index contributed by atoms with van der Waals surface area (Å²) in [6, 6.07) is 12.3. The van der Waals surface area contributed by atoms with Gasteiger partial charge < -0.3 is 9.72 Å². The van der Waals surface area contributed by atoms with E-state index in [9.17, 15) is 14.0 Å². The summed E-state index contributed by atoms with van der Waals surface area (Å²) in [5.74, 6) is -0.481. The number of nitrogens with zero attached hydrogens (tertiary/aromatic N) is 5. The summed E-state index contributed by atoms with van der Waals surface area (Å²) in [6.45, 7) is 5.28. The van der Waals surface area contributed by atoms with Gasteiger partial charge in [-0.25, -0.2) is 28.2 Å². The van der Waals surface area contributed by atoms with Gasteiger partial charge >= 0.3 is 6.03 Å². The molecule has 5 aromatic rings. The number of urea groups is 1. The summed E-state index contributed by atoms with van der Waals surface area (Å²) in [6.07, 6.45) is 3.99. The molecular weight excluding hydrogens is 508 g/mol. The number of hydrogen-bond acceptors (Lipinski definition) is 6. The van der Waals surface area contributed by atoms with Crippen LogP contribution in [0, 0.1) is 11.6 Å². The Balaban J connectivity index is 1.43. The van der Waals surface area contributed by atoms with Gasteiger partial charge in [-0.3, -0.25) is 15.0 Å². The van der Waals surface area contributed by atoms with Crippen LogP contribution in [0.3, 0.4) is 0 Å². The number of aromatic amines is 1. The zero-order valence-corrected chi connectivity index (χ0v) is 21.1. The van der Waals surface area contributed by atoms with E-state index < -0.39 is 28.8 Å². The van der Waals surface area contributed by atoms with Crippen molar-refractivity contribution in [2.75, 3.05) is 10.2 Å². The highest BCUT2D eigenvalue weighted by Gasteiger charge is 2.31. The van der Waals surface area contributed by atoms with Crippen LogP contribution >= 0.6 is 0 Å². The lowest BCUT2D eigenvalue weighted by molar-refractivity contribution is 0.251. The number of nitrogens with one attached hydrogen (secondary N) is 2. The number of hydrogen-bond donors (Lipinski definition) is 2. The fraction of sp³-hybridized carbons (Fsp3) is 0.148. The third-order valence-electron chi connectivity index (χ3n) is 5.63. The minimum Gasteiger partial charge on any atom is -0.455 e. The fourth-order valence-electron chi connectivity index (χ4n) is 4.02. The van der Waals surface area contributed by atoms with E-state index in [-0.39, 0.29) is 28.7 Å². The molecule has 3 aromatic heterocycles. The molecule has 0 aliphatic rings. The highest BCUT2D eigenvalue weighted by molar-refractivity contribution is 6.02. The molecule has 3 heterocycles. The zero-order valence-electron chi connectivity index (χ0n) is 21.1. The number of carbonyl (C=O) groups is 1. The van der Waals surface area contributed by atoms with Crippen molar-refractivity contribution in [3.05, 3.63) is 95.2 Å². The summed E-state index contributed by atoms with van der Waals surface area (Å²) in [7, 11) is 0. The lowest BCUT2D eigenvalue weighted by atomic mass is 10.0. The van der Waals surface area contributed by atoms with Gasteiger partial charge in [-0.15, -0.1) is 0 Å². The first-order chi connectivity index (χ1) is 18.6. The summed E-state index contributed by atoms with van der Waals surface area (Å²) >= 11 is 0. The van der Waals surface area contributed by atoms with E-state index in [0.29, 0.717) is 11.2 Å². The highest BCUT2D eigenvalue weighted by Crippen LogP contribution is 2.33. The predicted molar refractivity (Wildman–Crippen MR) is 141 cm³/mol. The smallest absolute Gasteiger partial charge is 0.328 e. The predicted octanol–water partition coefficient (Wildman–Crippen LogP) is 5.41. The van der Waals surface area contributed by atoms with Gasteiger partial charge in [0.1, 0.15) is 22.9 Å². The van der Waals surface area contributed by atoms with Crippen molar-refractivity contribution in [3.63, 3.8) is 0 Å². The number of halogens is 2. The Morgan fingerprint density at radius 3 is 2.62 bits per heavy atom. The summed E-state index contributed by atoms with van der Waals surface area (Å²) < 4.78 is 36.4. The van der Waals surface area contributed by atoms with Gasteiger partial charge in [-0.05, 0) is 51.1 Å². The van der Waals surface area contributed by atoms with Crippen molar-refractivity contribution >= 4 is 28.7 Å². The minimum absolute atomic E-state index is 0.00575. The monoisotopic (exact) mass is 531 g/mol. The third kappa shape index (κ3) is 5.30. The van der Waals surface area contributed by atoms with Crippen LogP contribution in [0.5, 0.6) is 11.5 Å². The molecule has 0 atom stereocenters. The van der Waals surface area contributed by atoms with E-state index in [1.807, 2.05) is 0 Å². The van der Waals surface area contributed by atoms with Crippen molar-refractivity contribution < 1.29 is 18.3 Å². The molecule has 2 aromatic carbocycles. The maximum absolute atomic E-state index is 15.5. The largest absolute Gasteiger partial charge is 0.455 e. The van der Waals surface area contributed by atoms with Gasteiger partial charge in [-0.1, -0.05) is 6.07 Å². The van der Waals surface area contributed by atoms with E-state index in [1.165, 1.54) is 58.4 Å². The van der Waals surface area contributed by atoms with Gasteiger partial charge in [0.05, 0.1) is 23.8 Å². The van der Waals surface area contributed by atoms with Gasteiger partial charge in [0.25, 0.3) is 5.56 Å². The molecule has 2 amide bonds.